The predicted octanol–water partition coefficient (Wildman–Crippen LogP) is 0.976. The van der Waals surface area contributed by atoms with Gasteiger partial charge in [0.15, 0.2) is 5.84 Å². The van der Waals surface area contributed by atoms with E-state index in [1.165, 1.54) is 0 Å². The first kappa shape index (κ1) is 9.51. The zero-order chi connectivity index (χ0) is 11.0. The van der Waals surface area contributed by atoms with Gasteiger partial charge in [0.25, 0.3) is 0 Å². The Hall–Kier alpha value is -2.04. The molecule has 1 aromatic carbocycles. The number of benzene rings is 1. The van der Waals surface area contributed by atoms with Crippen molar-refractivity contribution in [3.8, 4) is 0 Å². The number of nitrogens with zero attached hydrogens (tertiary/aromatic N) is 3. The third kappa shape index (κ3) is 1.41. The number of hydrogen-bond acceptors (Lipinski definition) is 3. The molecule has 0 bridgehead atoms. The van der Waals surface area contributed by atoms with Crippen molar-refractivity contribution in [3.63, 3.8) is 0 Å². The Kier molecular flexibility index (Phi) is 2.07. The lowest BCUT2D eigenvalue weighted by Gasteiger charge is -1.99. The summed E-state index contributed by atoms with van der Waals surface area (Å²) >= 11 is 0. The number of fused-ring (bicyclic) bond motifs is 1. The molecule has 1 aromatic heterocycles. The average molecular weight is 204 g/mol. The minimum absolute atomic E-state index is 0.0974. The van der Waals surface area contributed by atoms with Crippen LogP contribution in [-0.4, -0.2) is 20.6 Å². The fourth-order valence-corrected chi connectivity index (χ4v) is 1.54. The third-order valence-corrected chi connectivity index (χ3v) is 2.51. The zero-order valence-corrected chi connectivity index (χ0v) is 8.60. The molecule has 3 N–H and O–H groups in total. The second-order valence-electron chi connectivity index (χ2n) is 3.41. The molecule has 5 nitrogen and oxygen atoms in total. The molecule has 0 saturated carbocycles. The van der Waals surface area contributed by atoms with Gasteiger partial charge in [-0.2, -0.15) is 0 Å². The van der Waals surface area contributed by atoms with Crippen molar-refractivity contribution in [3.05, 3.63) is 29.6 Å². The van der Waals surface area contributed by atoms with E-state index in [9.17, 15) is 0 Å². The fourth-order valence-electron chi connectivity index (χ4n) is 1.54. The summed E-state index contributed by atoms with van der Waals surface area (Å²) in [6.45, 7) is 1.93. The summed E-state index contributed by atoms with van der Waals surface area (Å²) in [7, 11) is 1.95. The molecule has 0 saturated heterocycles. The SMILES string of the molecule is Cc1nc2cc(/C(N)=N/O)ccc2n1C. The van der Waals surface area contributed by atoms with Crippen LogP contribution in [0, 0.1) is 6.92 Å². The van der Waals surface area contributed by atoms with Gasteiger partial charge < -0.3 is 15.5 Å². The van der Waals surface area contributed by atoms with E-state index in [0.717, 1.165) is 16.9 Å². The molecular weight excluding hydrogens is 192 g/mol. The van der Waals surface area contributed by atoms with Gasteiger partial charge in [-0.1, -0.05) is 5.16 Å². The van der Waals surface area contributed by atoms with Gasteiger partial charge in [-0.05, 0) is 25.1 Å². The number of hydrogen-bond donors (Lipinski definition) is 2. The molecule has 0 atom stereocenters. The molecule has 0 aliphatic carbocycles. The summed E-state index contributed by atoms with van der Waals surface area (Å²) in [5.74, 6) is 1.03. The topological polar surface area (TPSA) is 76.4 Å². The zero-order valence-electron chi connectivity index (χ0n) is 8.60. The molecule has 0 spiro atoms. The van der Waals surface area contributed by atoms with Crippen molar-refractivity contribution in [1.82, 2.24) is 9.55 Å². The van der Waals surface area contributed by atoms with Crippen LogP contribution in [0.25, 0.3) is 11.0 Å². The van der Waals surface area contributed by atoms with Crippen molar-refractivity contribution >= 4 is 16.9 Å². The van der Waals surface area contributed by atoms with Gasteiger partial charge in [0.05, 0.1) is 11.0 Å². The monoisotopic (exact) mass is 204 g/mol. The molecule has 0 amide bonds. The minimum atomic E-state index is 0.0974. The number of nitrogens with two attached hydrogens (primary N) is 1. The average Bonchev–Trinajstić information content (AvgIpc) is 2.53. The smallest absolute Gasteiger partial charge is 0.170 e. The fraction of sp³-hybridized carbons (Fsp3) is 0.200. The molecule has 1 heterocycles. The largest absolute Gasteiger partial charge is 0.409 e. The molecule has 15 heavy (non-hydrogen) atoms. The highest BCUT2D eigenvalue weighted by molar-refractivity contribution is 5.99. The van der Waals surface area contributed by atoms with Crippen LogP contribution in [0.3, 0.4) is 0 Å². The Bertz CT molecular complexity index is 542. The lowest BCUT2D eigenvalue weighted by molar-refractivity contribution is 0.318. The lowest BCUT2D eigenvalue weighted by Crippen LogP contribution is -2.12. The van der Waals surface area contributed by atoms with Crippen LogP contribution < -0.4 is 5.73 Å². The van der Waals surface area contributed by atoms with Gasteiger partial charge in [-0.3, -0.25) is 0 Å². The van der Waals surface area contributed by atoms with E-state index < -0.39 is 0 Å². The van der Waals surface area contributed by atoms with Crippen molar-refractivity contribution in [2.75, 3.05) is 0 Å². The van der Waals surface area contributed by atoms with Crippen molar-refractivity contribution in [1.29, 1.82) is 0 Å². The quantitative estimate of drug-likeness (QED) is 0.314. The van der Waals surface area contributed by atoms with Crippen molar-refractivity contribution in [2.45, 2.75) is 6.92 Å². The predicted molar refractivity (Wildman–Crippen MR) is 58.0 cm³/mol. The van der Waals surface area contributed by atoms with E-state index in [1.807, 2.05) is 24.6 Å². The van der Waals surface area contributed by atoms with Crippen LogP contribution in [0.15, 0.2) is 23.4 Å². The van der Waals surface area contributed by atoms with Gasteiger partial charge in [0.2, 0.25) is 0 Å². The summed E-state index contributed by atoms with van der Waals surface area (Å²) in [6, 6.07) is 5.51. The Morgan fingerprint density at radius 3 is 2.93 bits per heavy atom. The van der Waals surface area contributed by atoms with Crippen LogP contribution in [0.5, 0.6) is 0 Å². The van der Waals surface area contributed by atoms with Gasteiger partial charge in [0.1, 0.15) is 5.82 Å². The standard InChI is InChI=1S/C10H12N4O/c1-6-12-8-5-7(10(11)13-15)3-4-9(8)14(6)2/h3-5,15H,1-2H3,(H2,11,13). The van der Waals surface area contributed by atoms with E-state index in [1.54, 1.807) is 12.1 Å². The summed E-state index contributed by atoms with van der Waals surface area (Å²) < 4.78 is 1.99. The Morgan fingerprint density at radius 1 is 1.53 bits per heavy atom. The first-order valence-electron chi connectivity index (χ1n) is 4.54. The van der Waals surface area contributed by atoms with Gasteiger partial charge in [0, 0.05) is 12.6 Å². The molecule has 5 heteroatoms. The molecule has 0 unspecified atom stereocenters. The van der Waals surface area contributed by atoms with Gasteiger partial charge in [-0.25, -0.2) is 4.98 Å². The van der Waals surface area contributed by atoms with Crippen LogP contribution in [0.1, 0.15) is 11.4 Å². The summed E-state index contributed by atoms with van der Waals surface area (Å²) in [5.41, 5.74) is 8.04. The summed E-state index contributed by atoms with van der Waals surface area (Å²) in [6.07, 6.45) is 0. The lowest BCUT2D eigenvalue weighted by atomic mass is 10.2. The maximum absolute atomic E-state index is 8.56. The molecule has 2 rings (SSSR count). The second-order valence-corrected chi connectivity index (χ2v) is 3.41. The number of rotatable bonds is 1. The van der Waals surface area contributed by atoms with Crippen LogP contribution in [0.4, 0.5) is 0 Å². The van der Waals surface area contributed by atoms with Crippen molar-refractivity contribution < 1.29 is 5.21 Å². The molecule has 0 radical (unpaired) electrons. The van der Waals surface area contributed by atoms with E-state index in [4.69, 9.17) is 10.9 Å². The maximum atomic E-state index is 8.56. The van der Waals surface area contributed by atoms with E-state index >= 15 is 0 Å². The Balaban J connectivity index is 2.67. The highest BCUT2D eigenvalue weighted by atomic mass is 16.4. The normalized spacial score (nSPS) is 12.3. The van der Waals surface area contributed by atoms with Crippen LogP contribution in [-0.2, 0) is 7.05 Å². The molecule has 0 fully saturated rings. The van der Waals surface area contributed by atoms with Gasteiger partial charge in [-0.15, -0.1) is 0 Å². The van der Waals surface area contributed by atoms with E-state index in [2.05, 4.69) is 10.1 Å². The van der Waals surface area contributed by atoms with Crippen molar-refractivity contribution in [2.24, 2.45) is 17.9 Å². The number of aromatic nitrogens is 2. The molecule has 2 aromatic rings. The minimum Gasteiger partial charge on any atom is -0.409 e. The molecule has 78 valence electrons. The number of amidine groups is 1. The number of imidazole rings is 1. The maximum Gasteiger partial charge on any atom is 0.170 e. The third-order valence-electron chi connectivity index (χ3n) is 2.51. The summed E-state index contributed by atoms with van der Waals surface area (Å²) in [4.78, 5) is 4.36. The first-order valence-corrected chi connectivity index (χ1v) is 4.54. The van der Waals surface area contributed by atoms with Crippen LogP contribution in [0.2, 0.25) is 0 Å². The number of aryl methyl sites for hydroxylation is 2. The Morgan fingerprint density at radius 2 is 2.27 bits per heavy atom. The van der Waals surface area contributed by atoms with Crippen LogP contribution >= 0.6 is 0 Å². The second kappa shape index (κ2) is 3.27. The Labute approximate surface area is 86.8 Å². The molecular formula is C10H12N4O. The first-order chi connectivity index (χ1) is 7.13. The van der Waals surface area contributed by atoms with E-state index in [-0.39, 0.29) is 5.84 Å². The number of oxime groups is 1. The summed E-state index contributed by atoms with van der Waals surface area (Å²) in [5, 5.41) is 11.5. The molecule has 0 aliphatic heterocycles. The molecule has 0 aliphatic rings. The highest BCUT2D eigenvalue weighted by Crippen LogP contribution is 2.16. The highest BCUT2D eigenvalue weighted by Gasteiger charge is 2.06. The van der Waals surface area contributed by atoms with E-state index in [0.29, 0.717) is 5.56 Å². The van der Waals surface area contributed by atoms with Gasteiger partial charge >= 0.3 is 0 Å².